The first-order valence-corrected chi connectivity index (χ1v) is 7.20. The molecular formula is C9H13ClO3S2. The van der Waals surface area contributed by atoms with Gasteiger partial charge >= 0.3 is 0 Å². The molecule has 6 heteroatoms. The number of halogens is 1. The van der Waals surface area contributed by atoms with Crippen LogP contribution in [-0.2, 0) is 9.84 Å². The van der Waals surface area contributed by atoms with Crippen LogP contribution >= 0.6 is 22.9 Å². The topological polar surface area (TPSA) is 54.4 Å². The zero-order chi connectivity index (χ0) is 11.7. The van der Waals surface area contributed by atoms with Gasteiger partial charge in [-0.25, -0.2) is 8.42 Å². The molecular weight excluding hydrogens is 256 g/mol. The van der Waals surface area contributed by atoms with Gasteiger partial charge in [0.1, 0.15) is 4.21 Å². The minimum atomic E-state index is -3.34. The van der Waals surface area contributed by atoms with Gasteiger partial charge in [0.25, 0.3) is 0 Å². The Morgan fingerprint density at radius 1 is 1.47 bits per heavy atom. The fraction of sp³-hybridized carbons (Fsp3) is 0.556. The smallest absolute Gasteiger partial charge is 0.188 e. The third-order valence-electron chi connectivity index (χ3n) is 1.86. The third-order valence-corrected chi connectivity index (χ3v) is 5.81. The van der Waals surface area contributed by atoms with Crippen molar-refractivity contribution in [1.82, 2.24) is 0 Å². The molecule has 0 aliphatic carbocycles. The third kappa shape index (κ3) is 3.45. The summed E-state index contributed by atoms with van der Waals surface area (Å²) >= 11 is 6.72. The monoisotopic (exact) mass is 268 g/mol. The summed E-state index contributed by atoms with van der Waals surface area (Å²) in [6.45, 7) is 3.25. The molecule has 86 valence electrons. The van der Waals surface area contributed by atoms with E-state index in [1.54, 1.807) is 19.9 Å². The Kier molecular flexibility index (Phi) is 3.81. The van der Waals surface area contributed by atoms with Gasteiger partial charge in [0.05, 0.1) is 10.1 Å². The van der Waals surface area contributed by atoms with Crippen LogP contribution in [0, 0.1) is 5.41 Å². The van der Waals surface area contributed by atoms with Gasteiger partial charge < -0.3 is 5.11 Å². The quantitative estimate of drug-likeness (QED) is 0.911. The van der Waals surface area contributed by atoms with Crippen LogP contribution < -0.4 is 0 Å². The molecule has 0 spiro atoms. The maximum absolute atomic E-state index is 11.9. The first-order chi connectivity index (χ1) is 6.77. The highest BCUT2D eigenvalue weighted by Crippen LogP contribution is 2.29. The Balaban J connectivity index is 2.95. The number of hydrogen-bond acceptors (Lipinski definition) is 4. The van der Waals surface area contributed by atoms with Crippen molar-refractivity contribution in [2.75, 3.05) is 12.4 Å². The van der Waals surface area contributed by atoms with Crippen molar-refractivity contribution in [2.45, 2.75) is 18.1 Å². The van der Waals surface area contributed by atoms with Gasteiger partial charge in [-0.2, -0.15) is 0 Å². The van der Waals surface area contributed by atoms with Crippen LogP contribution in [0.3, 0.4) is 0 Å². The van der Waals surface area contributed by atoms with Crippen molar-refractivity contribution in [3.8, 4) is 0 Å². The van der Waals surface area contributed by atoms with Crippen LogP contribution in [0.5, 0.6) is 0 Å². The second-order valence-electron chi connectivity index (χ2n) is 4.14. The molecule has 0 amide bonds. The molecule has 0 unspecified atom stereocenters. The summed E-state index contributed by atoms with van der Waals surface area (Å²) in [6.07, 6.45) is 0. The Labute approximate surface area is 98.6 Å². The summed E-state index contributed by atoms with van der Waals surface area (Å²) in [6, 6.07) is 3.06. The van der Waals surface area contributed by atoms with E-state index in [0.29, 0.717) is 4.34 Å². The predicted molar refractivity (Wildman–Crippen MR) is 62.2 cm³/mol. The molecule has 1 N–H and O–H groups in total. The van der Waals surface area contributed by atoms with E-state index in [0.717, 1.165) is 11.3 Å². The Morgan fingerprint density at radius 3 is 2.47 bits per heavy atom. The van der Waals surface area contributed by atoms with Gasteiger partial charge in [-0.1, -0.05) is 25.4 Å². The predicted octanol–water partition coefficient (Wildman–Crippen LogP) is 2.19. The molecule has 0 atom stereocenters. The normalized spacial score (nSPS) is 13.1. The number of sulfone groups is 1. The van der Waals surface area contributed by atoms with E-state index in [2.05, 4.69) is 0 Å². The summed E-state index contributed by atoms with van der Waals surface area (Å²) < 4.78 is 24.4. The van der Waals surface area contributed by atoms with Gasteiger partial charge in [-0.15, -0.1) is 11.3 Å². The molecule has 0 fully saturated rings. The number of aliphatic hydroxyl groups excluding tert-OH is 1. The van der Waals surface area contributed by atoms with Crippen LogP contribution in [-0.4, -0.2) is 25.9 Å². The second-order valence-corrected chi connectivity index (χ2v) is 8.07. The molecule has 1 aromatic heterocycles. The molecule has 0 aromatic carbocycles. The molecule has 0 saturated heterocycles. The van der Waals surface area contributed by atoms with Gasteiger partial charge in [0, 0.05) is 12.0 Å². The Bertz CT molecular complexity index is 434. The molecule has 0 radical (unpaired) electrons. The van der Waals surface area contributed by atoms with Crippen LogP contribution in [0.4, 0.5) is 0 Å². The highest BCUT2D eigenvalue weighted by Gasteiger charge is 2.27. The van der Waals surface area contributed by atoms with E-state index in [9.17, 15) is 8.42 Å². The van der Waals surface area contributed by atoms with E-state index < -0.39 is 15.3 Å². The maximum Gasteiger partial charge on any atom is 0.188 e. The maximum atomic E-state index is 11.9. The molecule has 0 aliphatic heterocycles. The van der Waals surface area contributed by atoms with Crippen LogP contribution in [0.1, 0.15) is 13.8 Å². The number of hydrogen-bond donors (Lipinski definition) is 1. The van der Waals surface area contributed by atoms with E-state index >= 15 is 0 Å². The summed E-state index contributed by atoms with van der Waals surface area (Å²) in [5, 5.41) is 9.02. The number of aliphatic hydroxyl groups is 1. The highest BCUT2D eigenvalue weighted by atomic mass is 35.5. The zero-order valence-electron chi connectivity index (χ0n) is 8.53. The Morgan fingerprint density at radius 2 is 2.07 bits per heavy atom. The van der Waals surface area contributed by atoms with Gasteiger partial charge in [-0.05, 0) is 12.1 Å². The van der Waals surface area contributed by atoms with Gasteiger partial charge in [0.15, 0.2) is 9.84 Å². The zero-order valence-corrected chi connectivity index (χ0v) is 10.9. The molecule has 3 nitrogen and oxygen atoms in total. The average Bonchev–Trinajstić information content (AvgIpc) is 2.51. The SMILES string of the molecule is CC(C)(CO)CS(=O)(=O)c1ccc(Cl)s1. The van der Waals surface area contributed by atoms with E-state index in [4.69, 9.17) is 16.7 Å². The first kappa shape index (κ1) is 13.0. The molecule has 0 bridgehead atoms. The number of thiophene rings is 1. The molecule has 1 rings (SSSR count). The lowest BCUT2D eigenvalue weighted by atomic mass is 9.98. The van der Waals surface area contributed by atoms with E-state index in [1.807, 2.05) is 0 Å². The molecule has 15 heavy (non-hydrogen) atoms. The van der Waals surface area contributed by atoms with E-state index in [-0.39, 0.29) is 16.6 Å². The summed E-state index contributed by atoms with van der Waals surface area (Å²) in [5.41, 5.74) is -0.630. The Hall–Kier alpha value is -0.100. The summed E-state index contributed by atoms with van der Waals surface area (Å²) in [7, 11) is -3.34. The van der Waals surface area contributed by atoms with Crippen molar-refractivity contribution < 1.29 is 13.5 Å². The lowest BCUT2D eigenvalue weighted by molar-refractivity contribution is 0.179. The lowest BCUT2D eigenvalue weighted by Crippen LogP contribution is -2.27. The minimum Gasteiger partial charge on any atom is -0.396 e. The number of rotatable bonds is 4. The van der Waals surface area contributed by atoms with E-state index in [1.165, 1.54) is 6.07 Å². The van der Waals surface area contributed by atoms with Crippen molar-refractivity contribution in [2.24, 2.45) is 5.41 Å². The lowest BCUT2D eigenvalue weighted by Gasteiger charge is -2.20. The van der Waals surface area contributed by atoms with Crippen molar-refractivity contribution in [3.05, 3.63) is 16.5 Å². The van der Waals surface area contributed by atoms with Gasteiger partial charge in [0.2, 0.25) is 0 Å². The van der Waals surface area contributed by atoms with Crippen LogP contribution in [0.25, 0.3) is 0 Å². The van der Waals surface area contributed by atoms with Crippen LogP contribution in [0.2, 0.25) is 4.34 Å². The largest absolute Gasteiger partial charge is 0.396 e. The van der Waals surface area contributed by atoms with Crippen molar-refractivity contribution in [3.63, 3.8) is 0 Å². The molecule has 1 aromatic rings. The summed E-state index contributed by atoms with van der Waals surface area (Å²) in [5.74, 6) is -0.0760. The van der Waals surface area contributed by atoms with Gasteiger partial charge in [-0.3, -0.25) is 0 Å². The minimum absolute atomic E-state index is 0.0760. The first-order valence-electron chi connectivity index (χ1n) is 4.36. The average molecular weight is 269 g/mol. The molecule has 0 saturated carbocycles. The molecule has 0 aliphatic rings. The highest BCUT2D eigenvalue weighted by molar-refractivity contribution is 7.93. The van der Waals surface area contributed by atoms with Crippen LogP contribution in [0.15, 0.2) is 16.3 Å². The fourth-order valence-corrected chi connectivity index (χ4v) is 4.50. The van der Waals surface area contributed by atoms with Crippen molar-refractivity contribution >= 4 is 32.8 Å². The second kappa shape index (κ2) is 4.41. The van der Waals surface area contributed by atoms with Crippen molar-refractivity contribution in [1.29, 1.82) is 0 Å². The standard InChI is InChI=1S/C9H13ClO3S2/c1-9(2,5-11)6-15(12,13)8-4-3-7(10)14-8/h3-4,11H,5-6H2,1-2H3. The summed E-state index contributed by atoms with van der Waals surface area (Å²) in [4.78, 5) is 0. The molecule has 1 heterocycles. The fourth-order valence-electron chi connectivity index (χ4n) is 1.10.